The Morgan fingerprint density at radius 2 is 1.32 bits per heavy atom. The normalized spacial score (nSPS) is 20.2. The Hall–Kier alpha value is -7.02. The van der Waals surface area contributed by atoms with E-state index in [1.807, 2.05) is 90.9 Å². The summed E-state index contributed by atoms with van der Waals surface area (Å²) in [7, 11) is 1.85. The third-order valence-corrected chi connectivity index (χ3v) is 15.4. The molecule has 1 aromatic heterocycles. The summed E-state index contributed by atoms with van der Waals surface area (Å²) in [5.41, 5.74) is 8.96. The average Bonchev–Trinajstić information content (AvgIpc) is 4.35. The Bertz CT molecular complexity index is 3010. The zero-order valence-corrected chi connectivity index (χ0v) is 42.6. The van der Waals surface area contributed by atoms with Crippen molar-refractivity contribution in [2.75, 3.05) is 51.6 Å². The minimum atomic E-state index is -0.556. The zero-order chi connectivity index (χ0) is 50.5. The summed E-state index contributed by atoms with van der Waals surface area (Å²) in [6.07, 6.45) is 9.60. The number of rotatable bonds is 12. The Morgan fingerprint density at radius 1 is 0.722 bits per heavy atom. The van der Waals surface area contributed by atoms with Crippen LogP contribution in [0.4, 0.5) is 5.69 Å². The van der Waals surface area contributed by atoms with Gasteiger partial charge in [0.15, 0.2) is 0 Å². The molecule has 2 N–H and O–H groups in total. The van der Waals surface area contributed by atoms with Gasteiger partial charge in [0.2, 0.25) is 11.8 Å². The second kappa shape index (κ2) is 19.5. The molecule has 0 radical (unpaired) electrons. The molecule has 13 heteroatoms. The predicted octanol–water partition coefficient (Wildman–Crippen LogP) is 9.25. The van der Waals surface area contributed by atoms with Crippen LogP contribution < -0.4 is 5.32 Å². The number of hydrogen-bond acceptors (Lipinski definition) is 9. The van der Waals surface area contributed by atoms with E-state index in [2.05, 4.69) is 77.9 Å². The quantitative estimate of drug-likeness (QED) is 0.119. The van der Waals surface area contributed by atoms with Gasteiger partial charge in [-0.3, -0.25) is 43.9 Å². The molecule has 12 rings (SSSR count). The van der Waals surface area contributed by atoms with E-state index in [1.54, 1.807) is 0 Å². The van der Waals surface area contributed by atoms with E-state index in [-0.39, 0.29) is 35.5 Å². The highest BCUT2D eigenvalue weighted by Crippen LogP contribution is 2.48. The van der Waals surface area contributed by atoms with Crippen molar-refractivity contribution in [1.29, 1.82) is 5.41 Å². The van der Waals surface area contributed by atoms with Crippen molar-refractivity contribution in [2.24, 2.45) is 33.7 Å². The van der Waals surface area contributed by atoms with E-state index < -0.39 is 11.1 Å². The monoisotopic (exact) mass is 966 g/mol. The van der Waals surface area contributed by atoms with Gasteiger partial charge in [-0.15, -0.1) is 0 Å². The molecule has 2 saturated heterocycles. The molecule has 3 saturated carbocycles. The second-order valence-corrected chi connectivity index (χ2v) is 21.0. The minimum Gasteiger partial charge on any atom is -0.388 e. The summed E-state index contributed by atoms with van der Waals surface area (Å²) in [5, 5.41) is 12.0. The van der Waals surface area contributed by atoms with E-state index in [9.17, 15) is 19.2 Å². The van der Waals surface area contributed by atoms with Gasteiger partial charge in [0, 0.05) is 110 Å². The fourth-order valence-corrected chi connectivity index (χ4v) is 10.7. The number of para-hydroxylation sites is 1. The Labute approximate surface area is 423 Å². The fourth-order valence-electron chi connectivity index (χ4n) is 10.7. The Morgan fingerprint density at radius 3 is 1.96 bits per heavy atom. The van der Waals surface area contributed by atoms with E-state index in [1.165, 1.54) is 6.21 Å². The summed E-state index contributed by atoms with van der Waals surface area (Å²) < 4.78 is 0. The third-order valence-electron chi connectivity index (χ3n) is 15.4. The first-order chi connectivity index (χ1) is 34.9. The number of nitrogens with one attached hydrogen (secondary N) is 2. The van der Waals surface area contributed by atoms with Crippen LogP contribution in [0.3, 0.4) is 0 Å². The van der Waals surface area contributed by atoms with Crippen molar-refractivity contribution in [1.82, 2.24) is 24.6 Å². The number of aliphatic imine (C=N–C) groups is 2. The number of nitrogens with zero attached hydrogens (tertiary/aromatic N) is 7. The number of fused-ring (bicyclic) bond motifs is 1. The Balaban J connectivity index is 0.000000160. The van der Waals surface area contributed by atoms with Gasteiger partial charge in [-0.2, -0.15) is 0 Å². The van der Waals surface area contributed by atoms with Crippen LogP contribution >= 0.6 is 0 Å². The number of carbonyl (C=O) groups is 4. The first kappa shape index (κ1) is 48.6. The highest BCUT2D eigenvalue weighted by Gasteiger charge is 2.59. The average molecular weight is 966 g/mol. The summed E-state index contributed by atoms with van der Waals surface area (Å²) >= 11 is 0. The number of anilines is 1. The molecule has 5 aromatic rings. The summed E-state index contributed by atoms with van der Waals surface area (Å²) in [6.45, 7) is 14.1. The maximum Gasteiger partial charge on any atom is 0.256 e. The predicted molar refractivity (Wildman–Crippen MR) is 285 cm³/mol. The topological polar surface area (TPSA) is 155 Å². The van der Waals surface area contributed by atoms with Crippen LogP contribution in [0.25, 0.3) is 33.2 Å². The lowest BCUT2D eigenvalue weighted by atomic mass is 9.95. The van der Waals surface area contributed by atoms with Crippen LogP contribution in [0, 0.1) is 36.0 Å². The first-order valence-corrected chi connectivity index (χ1v) is 26.2. The van der Waals surface area contributed by atoms with Crippen LogP contribution in [0.15, 0.2) is 107 Å². The number of aryl methyl sites for hydroxylation is 1. The van der Waals surface area contributed by atoms with Crippen molar-refractivity contribution in [3.05, 3.63) is 119 Å². The molecule has 1 atom stereocenters. The smallest absolute Gasteiger partial charge is 0.256 e. The van der Waals surface area contributed by atoms with Crippen molar-refractivity contribution >= 4 is 58.1 Å². The van der Waals surface area contributed by atoms with Crippen molar-refractivity contribution in [3.8, 4) is 22.3 Å². The van der Waals surface area contributed by atoms with Gasteiger partial charge >= 0.3 is 0 Å². The molecule has 5 fully saturated rings. The lowest BCUT2D eigenvalue weighted by Crippen LogP contribution is -2.56. The van der Waals surface area contributed by atoms with Gasteiger partial charge in [0.05, 0.1) is 5.52 Å². The number of hydrogen-bond donors (Lipinski definition) is 2. The molecule has 4 amide bonds. The first-order valence-electron chi connectivity index (χ1n) is 26.2. The molecule has 7 aliphatic rings. The van der Waals surface area contributed by atoms with Gasteiger partial charge in [0.1, 0.15) is 22.7 Å². The van der Waals surface area contributed by atoms with Gasteiger partial charge in [-0.05, 0) is 104 Å². The summed E-state index contributed by atoms with van der Waals surface area (Å²) in [6, 6.07) is 30.9. The zero-order valence-electron chi connectivity index (χ0n) is 42.6. The van der Waals surface area contributed by atoms with Crippen LogP contribution in [0.2, 0.25) is 0 Å². The van der Waals surface area contributed by atoms with Crippen molar-refractivity contribution < 1.29 is 19.2 Å². The maximum absolute atomic E-state index is 13.3. The van der Waals surface area contributed by atoms with Gasteiger partial charge in [0.25, 0.3) is 11.8 Å². The van der Waals surface area contributed by atoms with Gasteiger partial charge in [-0.1, -0.05) is 94.4 Å². The standard InChI is InChI=1S/C29H28N4O2.C28H33N5O2.C2H6/c34-27(22-9-10-22)32-14-11-19(17-32)18-33-26(31-29(12-13-29)28(33)35)21-7-5-20(6-8-21)24-15-23-3-1-2-4-25(23)30-16-24;1-17(2)26(34)32-14-19(15-32)16-33-25(31-28(9-10-28)27(33)35)23-7-5-20(11-18(23)3)21-6-8-24(30-4)22(12-21)13-29;1-2/h1-8,15-16,19,22H,9-14,17-18H2;5-8,11-13,17,19,29-30H,9-10,14-16H2,1-4H3;1-2H3/t19-;;/m1../s1. The third kappa shape index (κ3) is 9.34. The summed E-state index contributed by atoms with van der Waals surface area (Å²) in [4.78, 5) is 73.6. The molecule has 0 bridgehead atoms. The highest BCUT2D eigenvalue weighted by molar-refractivity contribution is 6.17. The molecule has 0 unspecified atom stereocenters. The minimum absolute atomic E-state index is 0.00177. The number of pyridine rings is 1. The number of amidine groups is 2. The highest BCUT2D eigenvalue weighted by atomic mass is 16.2. The van der Waals surface area contributed by atoms with E-state index in [0.29, 0.717) is 38.0 Å². The van der Waals surface area contributed by atoms with E-state index in [4.69, 9.17) is 15.4 Å². The number of aromatic nitrogens is 1. The molecular formula is C59H67N9O4. The molecule has 4 aliphatic heterocycles. The molecule has 372 valence electrons. The molecule has 2 spiro atoms. The second-order valence-electron chi connectivity index (χ2n) is 21.0. The number of carbonyl (C=O) groups excluding carboxylic acids is 4. The van der Waals surface area contributed by atoms with Crippen LogP contribution in [-0.2, 0) is 19.2 Å². The van der Waals surface area contributed by atoms with E-state index >= 15 is 0 Å². The number of likely N-dealkylation sites (tertiary alicyclic amines) is 2. The van der Waals surface area contributed by atoms with Crippen LogP contribution in [-0.4, -0.2) is 123 Å². The lowest BCUT2D eigenvalue weighted by molar-refractivity contribution is -0.141. The fraction of sp³-hybridized carbons (Fsp3) is 0.424. The van der Waals surface area contributed by atoms with Gasteiger partial charge in [-0.25, -0.2) is 0 Å². The maximum atomic E-state index is 13.3. The molecular weight excluding hydrogens is 899 g/mol. The molecule has 13 nitrogen and oxygen atoms in total. The summed E-state index contributed by atoms with van der Waals surface area (Å²) in [5.74, 6) is 3.17. The van der Waals surface area contributed by atoms with Crippen molar-refractivity contribution in [3.63, 3.8) is 0 Å². The van der Waals surface area contributed by atoms with Crippen LogP contribution in [0.5, 0.6) is 0 Å². The largest absolute Gasteiger partial charge is 0.388 e. The number of amides is 4. The molecule has 72 heavy (non-hydrogen) atoms. The van der Waals surface area contributed by atoms with E-state index in [0.717, 1.165) is 131 Å². The van der Waals surface area contributed by atoms with Gasteiger partial charge < -0.3 is 20.5 Å². The lowest BCUT2D eigenvalue weighted by Gasteiger charge is -2.42. The molecule has 4 aromatic carbocycles. The Kier molecular flexibility index (Phi) is 13.2. The SMILES string of the molecule is CC.CNc1ccc(-c2ccc(C3=NC4(CC4)C(=O)N3CC3CN(C(=O)C(C)C)C3)c(C)c2)cc1C=N.O=C(C1CC1)N1CC[C@@H](CN2C(=O)C3(CC3)N=C2c2ccc(-c3cnc4ccccc4c3)cc2)C1. The van der Waals surface area contributed by atoms with Crippen LogP contribution in [0.1, 0.15) is 94.9 Å². The molecule has 5 heterocycles. The number of benzene rings is 4. The molecule has 3 aliphatic carbocycles. The van der Waals surface area contributed by atoms with Crippen molar-refractivity contribution in [2.45, 2.75) is 90.6 Å².